The van der Waals surface area contributed by atoms with Crippen LogP contribution in [0.25, 0.3) is 0 Å². The van der Waals surface area contributed by atoms with Crippen molar-refractivity contribution < 1.29 is 9.63 Å². The number of hydrogen-bond donors (Lipinski definition) is 2. The van der Waals surface area contributed by atoms with Crippen LogP contribution in [0.3, 0.4) is 0 Å². The minimum absolute atomic E-state index is 0.0376. The summed E-state index contributed by atoms with van der Waals surface area (Å²) in [6.45, 7) is 2.63. The molecule has 2 fully saturated rings. The summed E-state index contributed by atoms with van der Waals surface area (Å²) in [4.78, 5) is 17.5. The van der Waals surface area contributed by atoms with Crippen LogP contribution >= 0.6 is 0 Å². The number of nitrogens with zero attached hydrogens (tertiary/aromatic N) is 1. The molecule has 100 valence electrons. The molecule has 0 aromatic rings. The molecule has 0 aromatic heterocycles. The molecule has 2 aliphatic heterocycles. The second-order valence-electron chi connectivity index (χ2n) is 5.78. The summed E-state index contributed by atoms with van der Waals surface area (Å²) in [6.07, 6.45) is 6.53. The molecule has 0 aromatic carbocycles. The molecule has 1 aliphatic carbocycles. The molecule has 5 nitrogen and oxygen atoms in total. The lowest BCUT2D eigenvalue weighted by atomic mass is 9.85. The molecular formula is C13H21N3O2. The molecule has 2 N–H and O–H groups in total. The van der Waals surface area contributed by atoms with E-state index in [1.807, 2.05) is 0 Å². The van der Waals surface area contributed by atoms with Gasteiger partial charge in [-0.2, -0.15) is 0 Å². The van der Waals surface area contributed by atoms with Crippen LogP contribution in [-0.4, -0.2) is 36.9 Å². The number of carbonyl (C=O) groups excluding carboxylic acids is 1. The van der Waals surface area contributed by atoms with Crippen LogP contribution in [0.4, 0.5) is 0 Å². The van der Waals surface area contributed by atoms with Gasteiger partial charge in [0, 0.05) is 19.5 Å². The number of oxime groups is 1. The first-order chi connectivity index (χ1) is 8.77. The molecule has 3 aliphatic rings. The third-order valence-electron chi connectivity index (χ3n) is 4.31. The Labute approximate surface area is 107 Å². The van der Waals surface area contributed by atoms with Crippen LogP contribution < -0.4 is 10.6 Å². The monoisotopic (exact) mass is 251 g/mol. The van der Waals surface area contributed by atoms with Crippen LogP contribution in [0.1, 0.15) is 38.5 Å². The number of amides is 1. The quantitative estimate of drug-likeness (QED) is 0.780. The molecule has 5 heteroatoms. The molecule has 18 heavy (non-hydrogen) atoms. The molecule has 1 saturated heterocycles. The Morgan fingerprint density at radius 3 is 3.06 bits per heavy atom. The number of piperidine rings is 1. The third kappa shape index (κ3) is 2.36. The first kappa shape index (κ1) is 12.0. The summed E-state index contributed by atoms with van der Waals surface area (Å²) in [5, 5.41) is 10.3. The van der Waals surface area contributed by atoms with Crippen LogP contribution in [-0.2, 0) is 9.63 Å². The van der Waals surface area contributed by atoms with E-state index in [1.54, 1.807) is 0 Å². The Kier molecular flexibility index (Phi) is 3.24. The highest BCUT2D eigenvalue weighted by molar-refractivity contribution is 6.39. The fourth-order valence-corrected chi connectivity index (χ4v) is 2.85. The minimum atomic E-state index is -0.249. The highest BCUT2D eigenvalue weighted by Crippen LogP contribution is 2.30. The average molecular weight is 251 g/mol. The Bertz CT molecular complexity index is 357. The van der Waals surface area contributed by atoms with Gasteiger partial charge in [0.1, 0.15) is 5.71 Å². The maximum atomic E-state index is 12.0. The molecule has 3 rings (SSSR count). The zero-order chi connectivity index (χ0) is 12.4. The number of rotatable bonds is 3. The summed E-state index contributed by atoms with van der Waals surface area (Å²) in [6, 6.07) is 0. The molecule has 0 bridgehead atoms. The summed E-state index contributed by atoms with van der Waals surface area (Å²) in [5.74, 6) is 0.645. The van der Waals surface area contributed by atoms with E-state index in [2.05, 4.69) is 15.8 Å². The molecule has 1 amide bonds. The van der Waals surface area contributed by atoms with Crippen molar-refractivity contribution in [1.29, 1.82) is 0 Å². The minimum Gasteiger partial charge on any atom is -0.387 e. The van der Waals surface area contributed by atoms with E-state index in [-0.39, 0.29) is 11.5 Å². The Hall–Kier alpha value is -1.10. The average Bonchev–Trinajstić information content (AvgIpc) is 2.72. The largest absolute Gasteiger partial charge is 0.387 e. The second-order valence-corrected chi connectivity index (χ2v) is 5.78. The SMILES string of the molecule is O=C(NCC1CCC1)C1=NO[C@]2(CCCNC2)C1. The van der Waals surface area contributed by atoms with E-state index in [1.165, 1.54) is 19.3 Å². The normalized spacial score (nSPS) is 31.7. The van der Waals surface area contributed by atoms with E-state index in [4.69, 9.17) is 4.84 Å². The predicted octanol–water partition coefficient (Wildman–Crippen LogP) is 0.801. The van der Waals surface area contributed by atoms with Crippen molar-refractivity contribution in [2.24, 2.45) is 11.1 Å². The molecule has 2 heterocycles. The van der Waals surface area contributed by atoms with Crippen LogP contribution in [0.2, 0.25) is 0 Å². The fraction of sp³-hybridized carbons (Fsp3) is 0.846. The van der Waals surface area contributed by atoms with Crippen molar-refractivity contribution >= 4 is 11.6 Å². The Balaban J connectivity index is 1.49. The highest BCUT2D eigenvalue weighted by atomic mass is 16.7. The van der Waals surface area contributed by atoms with Gasteiger partial charge in [-0.3, -0.25) is 4.79 Å². The van der Waals surface area contributed by atoms with Gasteiger partial charge in [-0.25, -0.2) is 0 Å². The van der Waals surface area contributed by atoms with Crippen LogP contribution in [0.5, 0.6) is 0 Å². The summed E-state index contributed by atoms with van der Waals surface area (Å²) >= 11 is 0. The van der Waals surface area contributed by atoms with E-state index in [9.17, 15) is 4.79 Å². The van der Waals surface area contributed by atoms with Crippen molar-refractivity contribution in [2.75, 3.05) is 19.6 Å². The molecule has 1 saturated carbocycles. The van der Waals surface area contributed by atoms with Crippen LogP contribution in [0, 0.1) is 5.92 Å². The lowest BCUT2D eigenvalue weighted by Gasteiger charge is -2.31. The standard InChI is InChI=1S/C13H21N3O2/c17-12(15-8-10-3-1-4-10)11-7-13(18-16-11)5-2-6-14-9-13/h10,14H,1-9H2,(H,15,17)/t13-/m1/s1. The van der Waals surface area contributed by atoms with Gasteiger partial charge in [0.15, 0.2) is 5.60 Å². The first-order valence-corrected chi connectivity index (χ1v) is 7.01. The second kappa shape index (κ2) is 4.88. The third-order valence-corrected chi connectivity index (χ3v) is 4.31. The predicted molar refractivity (Wildman–Crippen MR) is 68.3 cm³/mol. The smallest absolute Gasteiger partial charge is 0.269 e. The van der Waals surface area contributed by atoms with Gasteiger partial charge in [0.05, 0.1) is 0 Å². The van der Waals surface area contributed by atoms with E-state index in [0.29, 0.717) is 18.1 Å². The summed E-state index contributed by atoms with van der Waals surface area (Å²) < 4.78 is 0. The maximum Gasteiger partial charge on any atom is 0.269 e. The lowest BCUT2D eigenvalue weighted by Crippen LogP contribution is -2.46. The summed E-state index contributed by atoms with van der Waals surface area (Å²) in [5.41, 5.74) is 0.319. The maximum absolute atomic E-state index is 12.0. The lowest BCUT2D eigenvalue weighted by molar-refractivity contribution is -0.115. The van der Waals surface area contributed by atoms with Crippen molar-refractivity contribution in [3.63, 3.8) is 0 Å². The molecule has 1 spiro atoms. The zero-order valence-electron chi connectivity index (χ0n) is 10.7. The van der Waals surface area contributed by atoms with E-state index < -0.39 is 0 Å². The number of carbonyl (C=O) groups is 1. The Morgan fingerprint density at radius 1 is 1.50 bits per heavy atom. The fourth-order valence-electron chi connectivity index (χ4n) is 2.85. The van der Waals surface area contributed by atoms with Gasteiger partial charge in [-0.1, -0.05) is 11.6 Å². The van der Waals surface area contributed by atoms with Crippen LogP contribution in [0.15, 0.2) is 5.16 Å². The highest BCUT2D eigenvalue weighted by Gasteiger charge is 2.42. The molecule has 0 radical (unpaired) electrons. The van der Waals surface area contributed by atoms with Crippen molar-refractivity contribution in [2.45, 2.75) is 44.1 Å². The van der Waals surface area contributed by atoms with Gasteiger partial charge in [0.2, 0.25) is 0 Å². The van der Waals surface area contributed by atoms with Crippen molar-refractivity contribution in [1.82, 2.24) is 10.6 Å². The van der Waals surface area contributed by atoms with Gasteiger partial charge in [-0.15, -0.1) is 0 Å². The topological polar surface area (TPSA) is 62.7 Å². The Morgan fingerprint density at radius 2 is 2.39 bits per heavy atom. The molecule has 0 unspecified atom stereocenters. The molecular weight excluding hydrogens is 230 g/mol. The van der Waals surface area contributed by atoms with Gasteiger partial charge in [0.25, 0.3) is 5.91 Å². The van der Waals surface area contributed by atoms with E-state index in [0.717, 1.165) is 32.5 Å². The van der Waals surface area contributed by atoms with Crippen molar-refractivity contribution in [3.05, 3.63) is 0 Å². The van der Waals surface area contributed by atoms with E-state index >= 15 is 0 Å². The van der Waals surface area contributed by atoms with Gasteiger partial charge >= 0.3 is 0 Å². The van der Waals surface area contributed by atoms with Crippen molar-refractivity contribution in [3.8, 4) is 0 Å². The summed E-state index contributed by atoms with van der Waals surface area (Å²) in [7, 11) is 0. The first-order valence-electron chi connectivity index (χ1n) is 7.01. The number of nitrogens with one attached hydrogen (secondary N) is 2. The molecule has 1 atom stereocenters. The van der Waals surface area contributed by atoms with Gasteiger partial charge in [-0.05, 0) is 38.1 Å². The van der Waals surface area contributed by atoms with Gasteiger partial charge < -0.3 is 15.5 Å². The zero-order valence-corrected chi connectivity index (χ0v) is 10.7. The number of hydrogen-bond acceptors (Lipinski definition) is 4.